The standard InChI is InChI=1S/C15H24N2O3S/c1-4-20-14-7-5-13(6-8-14)16-15(21)17(9-11-18-2)10-12-19-3/h5-8H,4,9-12H2,1-3H3,(H,16,21). The Morgan fingerprint density at radius 1 is 1.10 bits per heavy atom. The molecule has 0 saturated carbocycles. The van der Waals surface area contributed by atoms with E-state index >= 15 is 0 Å². The fourth-order valence-electron chi connectivity index (χ4n) is 1.72. The Bertz CT molecular complexity index is 404. The molecule has 0 saturated heterocycles. The molecule has 5 nitrogen and oxygen atoms in total. The Kier molecular flexibility index (Phi) is 8.73. The number of nitrogens with one attached hydrogen (secondary N) is 1. The summed E-state index contributed by atoms with van der Waals surface area (Å²) in [7, 11) is 3.36. The van der Waals surface area contributed by atoms with Gasteiger partial charge in [0.05, 0.1) is 19.8 Å². The van der Waals surface area contributed by atoms with Gasteiger partial charge in [0.25, 0.3) is 0 Å². The lowest BCUT2D eigenvalue weighted by Crippen LogP contribution is -2.39. The molecule has 1 rings (SSSR count). The molecular weight excluding hydrogens is 288 g/mol. The molecule has 118 valence electrons. The van der Waals surface area contributed by atoms with Crippen molar-refractivity contribution < 1.29 is 14.2 Å². The van der Waals surface area contributed by atoms with Crippen LogP contribution in [0.15, 0.2) is 24.3 Å². The minimum absolute atomic E-state index is 0.620. The van der Waals surface area contributed by atoms with Crippen LogP contribution in [0.2, 0.25) is 0 Å². The third-order valence-electron chi connectivity index (χ3n) is 2.83. The van der Waals surface area contributed by atoms with Crippen LogP contribution in [0.25, 0.3) is 0 Å². The van der Waals surface area contributed by atoms with Crippen molar-refractivity contribution in [2.75, 3.05) is 52.4 Å². The summed E-state index contributed by atoms with van der Waals surface area (Å²) in [5.74, 6) is 0.851. The predicted octanol–water partition coefficient (Wildman–Crippen LogP) is 2.38. The normalized spacial score (nSPS) is 10.2. The highest BCUT2D eigenvalue weighted by Crippen LogP contribution is 2.16. The van der Waals surface area contributed by atoms with Crippen LogP contribution in [-0.4, -0.2) is 57.1 Å². The SMILES string of the molecule is CCOc1ccc(NC(=S)N(CCOC)CCOC)cc1. The van der Waals surface area contributed by atoms with Gasteiger partial charge in [-0.05, 0) is 43.4 Å². The molecule has 0 aliphatic carbocycles. The summed E-state index contributed by atoms with van der Waals surface area (Å²) in [6.07, 6.45) is 0. The van der Waals surface area contributed by atoms with E-state index in [0.29, 0.717) is 24.9 Å². The highest BCUT2D eigenvalue weighted by molar-refractivity contribution is 7.80. The second-order valence-corrected chi connectivity index (χ2v) is 4.75. The molecule has 0 atom stereocenters. The second kappa shape index (κ2) is 10.4. The van der Waals surface area contributed by atoms with Crippen LogP contribution in [0.5, 0.6) is 5.75 Å². The van der Waals surface area contributed by atoms with Crippen LogP contribution in [-0.2, 0) is 9.47 Å². The third kappa shape index (κ3) is 6.75. The summed E-state index contributed by atoms with van der Waals surface area (Å²) < 4.78 is 15.6. The van der Waals surface area contributed by atoms with E-state index in [1.165, 1.54) is 0 Å². The number of nitrogens with zero attached hydrogens (tertiary/aromatic N) is 1. The Morgan fingerprint density at radius 2 is 1.67 bits per heavy atom. The average molecular weight is 312 g/mol. The molecule has 21 heavy (non-hydrogen) atoms. The molecule has 1 aromatic rings. The van der Waals surface area contributed by atoms with E-state index in [2.05, 4.69) is 5.32 Å². The topological polar surface area (TPSA) is 43.0 Å². The Morgan fingerprint density at radius 3 is 2.14 bits per heavy atom. The second-order valence-electron chi connectivity index (χ2n) is 4.36. The summed E-state index contributed by atoms with van der Waals surface area (Å²) in [6, 6.07) is 7.73. The van der Waals surface area contributed by atoms with Crippen LogP contribution >= 0.6 is 12.2 Å². The first kappa shape index (κ1) is 17.7. The van der Waals surface area contributed by atoms with Crippen LogP contribution in [0.4, 0.5) is 5.69 Å². The van der Waals surface area contributed by atoms with Gasteiger partial charge in [0.2, 0.25) is 0 Å². The molecule has 0 fully saturated rings. The molecule has 0 unspecified atom stereocenters. The maximum Gasteiger partial charge on any atom is 0.173 e. The highest BCUT2D eigenvalue weighted by atomic mass is 32.1. The number of rotatable bonds is 9. The Labute approximate surface area is 132 Å². The number of hydrogen-bond acceptors (Lipinski definition) is 4. The van der Waals surface area contributed by atoms with Gasteiger partial charge in [0, 0.05) is 33.0 Å². The van der Waals surface area contributed by atoms with E-state index < -0.39 is 0 Å². The summed E-state index contributed by atoms with van der Waals surface area (Å²) in [5, 5.41) is 3.88. The zero-order valence-corrected chi connectivity index (χ0v) is 13.7. The van der Waals surface area contributed by atoms with Crippen LogP contribution < -0.4 is 10.1 Å². The fourth-order valence-corrected chi connectivity index (χ4v) is 2.02. The molecule has 0 radical (unpaired) electrons. The van der Waals surface area contributed by atoms with E-state index in [4.69, 9.17) is 26.4 Å². The molecule has 6 heteroatoms. The maximum atomic E-state index is 5.44. The lowest BCUT2D eigenvalue weighted by molar-refractivity contribution is 0.147. The zero-order chi connectivity index (χ0) is 15.5. The summed E-state index contributed by atoms with van der Waals surface area (Å²) in [5.41, 5.74) is 0.934. The van der Waals surface area contributed by atoms with E-state index in [-0.39, 0.29) is 0 Å². The minimum Gasteiger partial charge on any atom is -0.494 e. The number of benzene rings is 1. The zero-order valence-electron chi connectivity index (χ0n) is 12.9. The number of ether oxygens (including phenoxy) is 3. The molecule has 1 N–H and O–H groups in total. The van der Waals surface area contributed by atoms with Gasteiger partial charge >= 0.3 is 0 Å². The van der Waals surface area contributed by atoms with Crippen LogP contribution in [0.3, 0.4) is 0 Å². The number of hydrogen-bond donors (Lipinski definition) is 1. The first-order valence-corrected chi connectivity index (χ1v) is 7.38. The van der Waals surface area contributed by atoms with Crippen LogP contribution in [0, 0.1) is 0 Å². The van der Waals surface area contributed by atoms with Crippen molar-refractivity contribution in [2.24, 2.45) is 0 Å². The third-order valence-corrected chi connectivity index (χ3v) is 3.19. The summed E-state index contributed by atoms with van der Waals surface area (Å²) in [6.45, 7) is 5.31. The largest absolute Gasteiger partial charge is 0.494 e. The number of thiocarbonyl (C=S) groups is 1. The monoisotopic (exact) mass is 312 g/mol. The Hall–Kier alpha value is -1.37. The molecule has 0 aromatic heterocycles. The minimum atomic E-state index is 0.620. The molecule has 0 spiro atoms. The quantitative estimate of drug-likeness (QED) is 0.706. The van der Waals surface area contributed by atoms with Gasteiger partial charge in [-0.25, -0.2) is 0 Å². The van der Waals surface area contributed by atoms with E-state index in [1.54, 1.807) is 14.2 Å². The van der Waals surface area contributed by atoms with Crippen molar-refractivity contribution in [1.29, 1.82) is 0 Å². The first-order valence-electron chi connectivity index (χ1n) is 6.98. The molecule has 0 bridgehead atoms. The molecule has 0 aliphatic heterocycles. The fraction of sp³-hybridized carbons (Fsp3) is 0.533. The van der Waals surface area contributed by atoms with Gasteiger partial charge < -0.3 is 24.4 Å². The Balaban J connectivity index is 2.57. The van der Waals surface area contributed by atoms with Gasteiger partial charge in [-0.15, -0.1) is 0 Å². The molecular formula is C15H24N2O3S. The van der Waals surface area contributed by atoms with Crippen molar-refractivity contribution in [2.45, 2.75) is 6.92 Å². The number of anilines is 1. The smallest absolute Gasteiger partial charge is 0.173 e. The van der Waals surface area contributed by atoms with Gasteiger partial charge in [-0.1, -0.05) is 0 Å². The molecule has 0 aliphatic rings. The van der Waals surface area contributed by atoms with Crippen molar-refractivity contribution in [3.63, 3.8) is 0 Å². The van der Waals surface area contributed by atoms with Gasteiger partial charge in [0.15, 0.2) is 5.11 Å². The van der Waals surface area contributed by atoms with E-state index in [9.17, 15) is 0 Å². The average Bonchev–Trinajstić information content (AvgIpc) is 2.49. The van der Waals surface area contributed by atoms with Gasteiger partial charge in [-0.3, -0.25) is 0 Å². The highest BCUT2D eigenvalue weighted by Gasteiger charge is 2.09. The predicted molar refractivity (Wildman–Crippen MR) is 89.2 cm³/mol. The van der Waals surface area contributed by atoms with Gasteiger partial charge in [-0.2, -0.15) is 0 Å². The van der Waals surface area contributed by atoms with Crippen molar-refractivity contribution >= 4 is 23.0 Å². The van der Waals surface area contributed by atoms with E-state index in [1.807, 2.05) is 36.1 Å². The summed E-state index contributed by atoms with van der Waals surface area (Å²) >= 11 is 5.44. The van der Waals surface area contributed by atoms with Crippen molar-refractivity contribution in [3.8, 4) is 5.75 Å². The first-order chi connectivity index (χ1) is 10.2. The lowest BCUT2D eigenvalue weighted by atomic mass is 10.3. The van der Waals surface area contributed by atoms with E-state index in [0.717, 1.165) is 24.5 Å². The maximum absolute atomic E-state index is 5.44. The van der Waals surface area contributed by atoms with Crippen LogP contribution in [0.1, 0.15) is 6.92 Å². The van der Waals surface area contributed by atoms with Gasteiger partial charge in [0.1, 0.15) is 5.75 Å². The molecule has 1 aromatic carbocycles. The molecule has 0 heterocycles. The summed E-state index contributed by atoms with van der Waals surface area (Å²) in [4.78, 5) is 2.03. The van der Waals surface area contributed by atoms with Crippen molar-refractivity contribution in [1.82, 2.24) is 4.90 Å². The van der Waals surface area contributed by atoms with Crippen molar-refractivity contribution in [3.05, 3.63) is 24.3 Å². The number of methoxy groups -OCH3 is 2. The lowest BCUT2D eigenvalue weighted by Gasteiger charge is -2.25. The molecule has 0 amide bonds.